The zero-order valence-electron chi connectivity index (χ0n) is 18.2. The van der Waals surface area contributed by atoms with Crippen molar-refractivity contribution in [2.24, 2.45) is 0 Å². The van der Waals surface area contributed by atoms with E-state index < -0.39 is 17.7 Å². The maximum absolute atomic E-state index is 13.0. The van der Waals surface area contributed by atoms with E-state index in [4.69, 9.17) is 0 Å². The number of aliphatic hydroxyl groups excluding tert-OH is 1. The number of benzene rings is 2. The van der Waals surface area contributed by atoms with Crippen LogP contribution in [0.5, 0.6) is 0 Å². The fourth-order valence-corrected chi connectivity index (χ4v) is 3.93. The van der Waals surface area contributed by atoms with Crippen molar-refractivity contribution in [3.8, 4) is 0 Å². The average molecular weight is 407 g/mol. The number of rotatable bonds is 7. The number of likely N-dealkylation sites (tertiary alicyclic amines) is 1. The minimum Gasteiger partial charge on any atom is -0.507 e. The molecule has 1 atom stereocenters. The van der Waals surface area contributed by atoms with E-state index in [0.717, 1.165) is 29.8 Å². The number of aryl methyl sites for hydroxylation is 2. The van der Waals surface area contributed by atoms with Gasteiger partial charge in [0.1, 0.15) is 5.76 Å². The third-order valence-corrected chi connectivity index (χ3v) is 5.99. The van der Waals surface area contributed by atoms with E-state index in [0.29, 0.717) is 18.7 Å². The second-order valence-corrected chi connectivity index (χ2v) is 7.73. The van der Waals surface area contributed by atoms with Crippen molar-refractivity contribution in [3.63, 3.8) is 0 Å². The zero-order valence-corrected chi connectivity index (χ0v) is 18.2. The summed E-state index contributed by atoms with van der Waals surface area (Å²) in [5, 5.41) is 11.1. The quantitative estimate of drug-likeness (QED) is 0.428. The van der Waals surface area contributed by atoms with Crippen LogP contribution in [0.2, 0.25) is 0 Å². The largest absolute Gasteiger partial charge is 0.507 e. The van der Waals surface area contributed by atoms with Crippen LogP contribution in [0.25, 0.3) is 5.76 Å². The first-order chi connectivity index (χ1) is 14.4. The highest BCUT2D eigenvalue weighted by molar-refractivity contribution is 6.46. The van der Waals surface area contributed by atoms with Crippen molar-refractivity contribution in [2.45, 2.75) is 33.7 Å². The van der Waals surface area contributed by atoms with Gasteiger partial charge in [0.25, 0.3) is 11.7 Å². The lowest BCUT2D eigenvalue weighted by Gasteiger charge is -2.28. The molecule has 0 aliphatic carbocycles. The van der Waals surface area contributed by atoms with E-state index in [9.17, 15) is 14.7 Å². The van der Waals surface area contributed by atoms with Gasteiger partial charge in [-0.3, -0.25) is 9.59 Å². The van der Waals surface area contributed by atoms with Gasteiger partial charge in [0, 0.05) is 18.7 Å². The Labute approximate surface area is 178 Å². The number of hydrogen-bond donors (Lipinski definition) is 1. The van der Waals surface area contributed by atoms with E-state index in [2.05, 4.69) is 18.7 Å². The Kier molecular flexibility index (Phi) is 6.73. The van der Waals surface area contributed by atoms with Gasteiger partial charge in [-0.25, -0.2) is 0 Å². The van der Waals surface area contributed by atoms with Gasteiger partial charge in [-0.1, -0.05) is 56.3 Å². The topological polar surface area (TPSA) is 60.9 Å². The van der Waals surface area contributed by atoms with Crippen molar-refractivity contribution in [3.05, 3.63) is 76.4 Å². The fourth-order valence-electron chi connectivity index (χ4n) is 3.93. The number of nitrogens with zero attached hydrogens (tertiary/aromatic N) is 2. The number of amides is 1. The van der Waals surface area contributed by atoms with Crippen LogP contribution < -0.4 is 0 Å². The average Bonchev–Trinajstić information content (AvgIpc) is 3.01. The molecule has 0 bridgehead atoms. The molecule has 0 aromatic heterocycles. The number of aliphatic hydroxyl groups is 1. The molecule has 1 heterocycles. The molecule has 1 aliphatic rings. The highest BCUT2D eigenvalue weighted by Gasteiger charge is 2.45. The normalized spacial score (nSPS) is 18.4. The molecular formula is C25H30N2O3. The number of likely N-dealkylation sites (N-methyl/N-ethyl adjacent to an activating group) is 1. The Balaban J connectivity index is 2.09. The summed E-state index contributed by atoms with van der Waals surface area (Å²) in [6, 6.07) is 14.4. The van der Waals surface area contributed by atoms with E-state index in [-0.39, 0.29) is 11.3 Å². The SMILES string of the molecule is CCN(CC)CCN1C(=O)C(=O)/C(=C(\O)c2ccc(C)c(C)c2)C1c1ccccc1. The first-order valence-electron chi connectivity index (χ1n) is 10.5. The molecule has 0 spiro atoms. The van der Waals surface area contributed by atoms with Crippen LogP contribution in [0, 0.1) is 13.8 Å². The predicted molar refractivity (Wildman–Crippen MR) is 119 cm³/mol. The molecule has 158 valence electrons. The number of hydrogen-bond acceptors (Lipinski definition) is 4. The first kappa shape index (κ1) is 21.8. The highest BCUT2D eigenvalue weighted by Crippen LogP contribution is 2.39. The van der Waals surface area contributed by atoms with Gasteiger partial charge in [0.15, 0.2) is 0 Å². The lowest BCUT2D eigenvalue weighted by Crippen LogP contribution is -2.38. The maximum Gasteiger partial charge on any atom is 0.295 e. The predicted octanol–water partition coefficient (Wildman–Crippen LogP) is 4.07. The zero-order chi connectivity index (χ0) is 21.8. The summed E-state index contributed by atoms with van der Waals surface area (Å²) in [5.41, 5.74) is 3.66. The Morgan fingerprint density at radius 3 is 2.27 bits per heavy atom. The summed E-state index contributed by atoms with van der Waals surface area (Å²) in [6.45, 7) is 11.0. The Morgan fingerprint density at radius 1 is 1.00 bits per heavy atom. The van der Waals surface area contributed by atoms with Crippen molar-refractivity contribution in [2.75, 3.05) is 26.2 Å². The van der Waals surface area contributed by atoms with Crippen LogP contribution in [0.15, 0.2) is 54.1 Å². The van der Waals surface area contributed by atoms with E-state index in [1.54, 1.807) is 11.0 Å². The molecule has 1 fully saturated rings. The monoisotopic (exact) mass is 406 g/mol. The van der Waals surface area contributed by atoms with E-state index in [1.165, 1.54) is 0 Å². The molecule has 1 amide bonds. The van der Waals surface area contributed by atoms with Crippen LogP contribution in [-0.2, 0) is 9.59 Å². The summed E-state index contributed by atoms with van der Waals surface area (Å²) in [5.74, 6) is -1.30. The summed E-state index contributed by atoms with van der Waals surface area (Å²) in [6.07, 6.45) is 0. The first-order valence-corrected chi connectivity index (χ1v) is 10.5. The molecule has 1 unspecified atom stereocenters. The van der Waals surface area contributed by atoms with Crippen LogP contribution in [0.4, 0.5) is 0 Å². The van der Waals surface area contributed by atoms with Crippen molar-refractivity contribution < 1.29 is 14.7 Å². The molecule has 2 aromatic rings. The Morgan fingerprint density at radius 2 is 1.67 bits per heavy atom. The molecule has 1 N–H and O–H groups in total. The van der Waals surface area contributed by atoms with Gasteiger partial charge in [-0.05, 0) is 49.7 Å². The highest BCUT2D eigenvalue weighted by atomic mass is 16.3. The van der Waals surface area contributed by atoms with Gasteiger partial charge in [0.05, 0.1) is 11.6 Å². The van der Waals surface area contributed by atoms with Crippen LogP contribution in [0.3, 0.4) is 0 Å². The number of carbonyl (C=O) groups excluding carboxylic acids is 2. The molecule has 0 saturated carbocycles. The lowest BCUT2D eigenvalue weighted by molar-refractivity contribution is -0.140. The summed E-state index contributed by atoms with van der Waals surface area (Å²) in [7, 11) is 0. The Bertz CT molecular complexity index is 962. The van der Waals surface area contributed by atoms with E-state index >= 15 is 0 Å². The van der Waals surface area contributed by atoms with Crippen LogP contribution in [0.1, 0.15) is 42.1 Å². The molecule has 1 saturated heterocycles. The third kappa shape index (κ3) is 4.17. The molecule has 1 aliphatic heterocycles. The van der Waals surface area contributed by atoms with Gasteiger partial charge in [0.2, 0.25) is 0 Å². The van der Waals surface area contributed by atoms with Gasteiger partial charge in [-0.2, -0.15) is 0 Å². The molecule has 2 aromatic carbocycles. The van der Waals surface area contributed by atoms with Gasteiger partial charge in [-0.15, -0.1) is 0 Å². The number of carbonyl (C=O) groups is 2. The van der Waals surface area contributed by atoms with Crippen LogP contribution in [-0.4, -0.2) is 52.8 Å². The standard InChI is InChI=1S/C25H30N2O3/c1-5-26(6-2)14-15-27-22(19-10-8-7-9-11-19)21(24(29)25(27)30)23(28)20-13-12-17(3)18(4)16-20/h7-13,16,22,28H,5-6,14-15H2,1-4H3/b23-21-. The molecule has 0 radical (unpaired) electrons. The summed E-state index contributed by atoms with van der Waals surface area (Å²) < 4.78 is 0. The second-order valence-electron chi connectivity index (χ2n) is 7.73. The summed E-state index contributed by atoms with van der Waals surface area (Å²) in [4.78, 5) is 29.8. The van der Waals surface area contributed by atoms with Crippen LogP contribution >= 0.6 is 0 Å². The molecule has 30 heavy (non-hydrogen) atoms. The number of Topliss-reactive ketones (excluding diaryl/α,β-unsaturated/α-hetero) is 1. The minimum absolute atomic E-state index is 0.115. The lowest BCUT2D eigenvalue weighted by atomic mass is 9.94. The van der Waals surface area contributed by atoms with Gasteiger partial charge >= 0.3 is 0 Å². The number of ketones is 1. The smallest absolute Gasteiger partial charge is 0.295 e. The molecular weight excluding hydrogens is 376 g/mol. The fraction of sp³-hybridized carbons (Fsp3) is 0.360. The van der Waals surface area contributed by atoms with Crippen molar-refractivity contribution in [1.82, 2.24) is 9.80 Å². The van der Waals surface area contributed by atoms with Gasteiger partial charge < -0.3 is 14.9 Å². The minimum atomic E-state index is -0.626. The third-order valence-electron chi connectivity index (χ3n) is 5.99. The Hall–Kier alpha value is -2.92. The second kappa shape index (κ2) is 9.26. The van der Waals surface area contributed by atoms with E-state index in [1.807, 2.05) is 56.3 Å². The molecule has 5 heteroatoms. The van der Waals surface area contributed by atoms with Crippen molar-refractivity contribution in [1.29, 1.82) is 0 Å². The molecule has 5 nitrogen and oxygen atoms in total. The van der Waals surface area contributed by atoms with Crippen molar-refractivity contribution >= 4 is 17.4 Å². The summed E-state index contributed by atoms with van der Waals surface area (Å²) >= 11 is 0. The molecule has 3 rings (SSSR count). The maximum atomic E-state index is 13.0.